The van der Waals surface area contributed by atoms with Crippen LogP contribution >= 0.6 is 0 Å². The van der Waals surface area contributed by atoms with Gasteiger partial charge in [0.1, 0.15) is 0 Å². The molecule has 12 heavy (non-hydrogen) atoms. The van der Waals surface area contributed by atoms with Gasteiger partial charge in [0, 0.05) is 0 Å². The van der Waals surface area contributed by atoms with E-state index in [1.165, 1.54) is 6.92 Å². The number of carbonyl (C=O) groups is 1. The average molecular weight is 170 g/mol. The smallest absolute Gasteiger partial charge is 0.155 e. The van der Waals surface area contributed by atoms with Gasteiger partial charge in [-0.15, -0.1) is 0 Å². The molecule has 0 saturated heterocycles. The summed E-state index contributed by atoms with van der Waals surface area (Å²) in [5, 5.41) is 9.32. The van der Waals surface area contributed by atoms with Crippen LogP contribution in [0.25, 0.3) is 0 Å². The Balaban J connectivity index is 3.79. The number of carbonyl (C=O) groups excluding carboxylic acids is 1. The van der Waals surface area contributed by atoms with Crippen molar-refractivity contribution in [3.8, 4) is 0 Å². The van der Waals surface area contributed by atoms with Crippen LogP contribution in [0.15, 0.2) is 11.6 Å². The normalized spacial score (nSPS) is 14.5. The van der Waals surface area contributed by atoms with Gasteiger partial charge in [-0.05, 0) is 32.3 Å². The second-order valence-corrected chi connectivity index (χ2v) is 3.12. The summed E-state index contributed by atoms with van der Waals surface area (Å²) in [4.78, 5) is 10.8. The maximum atomic E-state index is 10.8. The van der Waals surface area contributed by atoms with Gasteiger partial charge in [0.2, 0.25) is 0 Å². The molecule has 0 heterocycles. The molecule has 0 bridgehead atoms. The van der Waals surface area contributed by atoms with Crippen molar-refractivity contribution in [2.24, 2.45) is 0 Å². The second-order valence-electron chi connectivity index (χ2n) is 3.12. The molecule has 0 radical (unpaired) electrons. The van der Waals surface area contributed by atoms with Crippen molar-refractivity contribution in [2.75, 3.05) is 0 Å². The number of Topliss-reactive ketones (excluding diaryl/α,β-unsaturated/α-hetero) is 1. The highest BCUT2D eigenvalue weighted by molar-refractivity contribution is 5.92. The quantitative estimate of drug-likeness (QED) is 0.641. The van der Waals surface area contributed by atoms with Crippen molar-refractivity contribution in [2.45, 2.75) is 46.1 Å². The van der Waals surface area contributed by atoms with Gasteiger partial charge in [-0.3, -0.25) is 4.79 Å². The maximum absolute atomic E-state index is 10.8. The topological polar surface area (TPSA) is 37.3 Å². The van der Waals surface area contributed by atoms with Gasteiger partial charge < -0.3 is 5.11 Å². The molecule has 1 unspecified atom stereocenters. The molecule has 0 aromatic heterocycles. The van der Waals surface area contributed by atoms with Crippen molar-refractivity contribution in [1.82, 2.24) is 0 Å². The van der Waals surface area contributed by atoms with Crippen molar-refractivity contribution >= 4 is 5.78 Å². The predicted molar refractivity (Wildman–Crippen MR) is 50.0 cm³/mol. The van der Waals surface area contributed by atoms with Gasteiger partial charge in [-0.25, -0.2) is 0 Å². The highest BCUT2D eigenvalue weighted by Gasteiger charge is 2.01. The van der Waals surface area contributed by atoms with E-state index in [1.807, 2.05) is 13.0 Å². The first kappa shape index (κ1) is 11.4. The minimum Gasteiger partial charge on any atom is -0.393 e. The molecule has 1 atom stereocenters. The summed E-state index contributed by atoms with van der Waals surface area (Å²) in [5.74, 6) is 0.0821. The standard InChI is InChI=1S/C10H18O2/c1-4-5-10(12)7-6-8(2)9(3)11/h6,10,12H,4-5,7H2,1-3H3. The Morgan fingerprint density at radius 3 is 2.50 bits per heavy atom. The molecule has 0 spiro atoms. The van der Waals surface area contributed by atoms with Crippen LogP contribution in [-0.2, 0) is 4.79 Å². The van der Waals surface area contributed by atoms with Crippen LogP contribution in [-0.4, -0.2) is 17.0 Å². The maximum Gasteiger partial charge on any atom is 0.155 e. The molecule has 0 fully saturated rings. The third-order valence-corrected chi connectivity index (χ3v) is 1.87. The lowest BCUT2D eigenvalue weighted by atomic mass is 10.1. The number of aliphatic hydroxyl groups excluding tert-OH is 1. The van der Waals surface area contributed by atoms with Crippen molar-refractivity contribution in [3.05, 3.63) is 11.6 Å². The van der Waals surface area contributed by atoms with E-state index in [0.717, 1.165) is 18.4 Å². The number of aliphatic hydroxyl groups is 1. The molecule has 0 aliphatic rings. The summed E-state index contributed by atoms with van der Waals surface area (Å²) in [7, 11) is 0. The van der Waals surface area contributed by atoms with Gasteiger partial charge >= 0.3 is 0 Å². The number of ketones is 1. The molecule has 0 aliphatic carbocycles. The summed E-state index contributed by atoms with van der Waals surface area (Å²) < 4.78 is 0. The second kappa shape index (κ2) is 5.95. The SMILES string of the molecule is CCCC(O)CC=C(C)C(C)=O. The highest BCUT2D eigenvalue weighted by Crippen LogP contribution is 2.05. The summed E-state index contributed by atoms with van der Waals surface area (Å²) in [6.45, 7) is 5.35. The summed E-state index contributed by atoms with van der Waals surface area (Å²) in [5.41, 5.74) is 0.741. The molecule has 0 rings (SSSR count). The lowest BCUT2D eigenvalue weighted by molar-refractivity contribution is -0.113. The fourth-order valence-corrected chi connectivity index (χ4v) is 0.908. The molecular weight excluding hydrogens is 152 g/mol. The Morgan fingerprint density at radius 1 is 1.50 bits per heavy atom. The van der Waals surface area contributed by atoms with E-state index in [9.17, 15) is 9.90 Å². The monoisotopic (exact) mass is 170 g/mol. The third-order valence-electron chi connectivity index (χ3n) is 1.87. The molecular formula is C10H18O2. The first-order valence-electron chi connectivity index (χ1n) is 4.43. The van der Waals surface area contributed by atoms with E-state index >= 15 is 0 Å². The molecule has 2 heteroatoms. The van der Waals surface area contributed by atoms with Gasteiger partial charge in [-0.1, -0.05) is 19.4 Å². The number of hydrogen-bond acceptors (Lipinski definition) is 2. The Hall–Kier alpha value is -0.630. The van der Waals surface area contributed by atoms with E-state index in [4.69, 9.17) is 0 Å². The van der Waals surface area contributed by atoms with E-state index in [1.54, 1.807) is 6.92 Å². The Morgan fingerprint density at radius 2 is 2.08 bits per heavy atom. The van der Waals surface area contributed by atoms with Crippen molar-refractivity contribution in [3.63, 3.8) is 0 Å². The van der Waals surface area contributed by atoms with E-state index < -0.39 is 0 Å². The Kier molecular flexibility index (Phi) is 5.64. The number of allylic oxidation sites excluding steroid dienone is 1. The predicted octanol–water partition coefficient (Wildman–Crippen LogP) is 2.07. The summed E-state index contributed by atoms with van der Waals surface area (Å²) >= 11 is 0. The molecule has 0 aromatic rings. The van der Waals surface area contributed by atoms with Gasteiger partial charge in [0.25, 0.3) is 0 Å². The zero-order valence-corrected chi connectivity index (χ0v) is 8.13. The van der Waals surface area contributed by atoms with Crippen LogP contribution in [0.4, 0.5) is 0 Å². The molecule has 1 N–H and O–H groups in total. The van der Waals surface area contributed by atoms with Crippen molar-refractivity contribution in [1.29, 1.82) is 0 Å². The molecule has 0 amide bonds. The minimum absolute atomic E-state index is 0.0821. The van der Waals surface area contributed by atoms with Gasteiger partial charge in [-0.2, -0.15) is 0 Å². The molecule has 2 nitrogen and oxygen atoms in total. The van der Waals surface area contributed by atoms with Crippen LogP contribution in [0, 0.1) is 0 Å². The fraction of sp³-hybridized carbons (Fsp3) is 0.700. The van der Waals surface area contributed by atoms with E-state index in [2.05, 4.69) is 0 Å². The highest BCUT2D eigenvalue weighted by atomic mass is 16.3. The van der Waals surface area contributed by atoms with Crippen LogP contribution < -0.4 is 0 Å². The minimum atomic E-state index is -0.288. The number of hydrogen-bond donors (Lipinski definition) is 1. The van der Waals surface area contributed by atoms with Crippen LogP contribution in [0.5, 0.6) is 0 Å². The molecule has 70 valence electrons. The lowest BCUT2D eigenvalue weighted by Gasteiger charge is -2.05. The van der Waals surface area contributed by atoms with Crippen LogP contribution in [0.3, 0.4) is 0 Å². The Labute approximate surface area is 74.3 Å². The largest absolute Gasteiger partial charge is 0.393 e. The first-order valence-corrected chi connectivity index (χ1v) is 4.43. The average Bonchev–Trinajstić information content (AvgIpc) is 2.00. The Bertz CT molecular complexity index is 171. The fourth-order valence-electron chi connectivity index (χ4n) is 0.908. The zero-order chi connectivity index (χ0) is 9.56. The molecule has 0 saturated carbocycles. The summed E-state index contributed by atoms with van der Waals surface area (Å²) in [6.07, 6.45) is 3.90. The van der Waals surface area contributed by atoms with Gasteiger partial charge in [0.05, 0.1) is 6.10 Å². The van der Waals surface area contributed by atoms with Crippen molar-refractivity contribution < 1.29 is 9.90 Å². The van der Waals surface area contributed by atoms with E-state index in [-0.39, 0.29) is 11.9 Å². The first-order chi connectivity index (χ1) is 5.57. The molecule has 0 aliphatic heterocycles. The molecule has 0 aromatic carbocycles. The lowest BCUT2D eigenvalue weighted by Crippen LogP contribution is -2.04. The van der Waals surface area contributed by atoms with Gasteiger partial charge in [0.15, 0.2) is 5.78 Å². The zero-order valence-electron chi connectivity index (χ0n) is 8.13. The van der Waals surface area contributed by atoms with E-state index in [0.29, 0.717) is 6.42 Å². The van der Waals surface area contributed by atoms with Crippen LogP contribution in [0.2, 0.25) is 0 Å². The number of rotatable bonds is 5. The summed E-state index contributed by atoms with van der Waals surface area (Å²) in [6, 6.07) is 0. The third kappa shape index (κ3) is 5.08. The van der Waals surface area contributed by atoms with Crippen LogP contribution in [0.1, 0.15) is 40.0 Å².